The highest BCUT2D eigenvalue weighted by atomic mass is 32.2. The third-order valence-electron chi connectivity index (χ3n) is 1.86. The van der Waals surface area contributed by atoms with E-state index in [2.05, 4.69) is 14.9 Å². The summed E-state index contributed by atoms with van der Waals surface area (Å²) in [4.78, 5) is 0. The molecule has 0 bridgehead atoms. The number of rotatable bonds is 5. The molecule has 1 heterocycles. The van der Waals surface area contributed by atoms with Crippen molar-refractivity contribution in [2.45, 2.75) is 25.5 Å². The van der Waals surface area contributed by atoms with Crippen molar-refractivity contribution in [1.82, 2.24) is 10.2 Å². The Morgan fingerprint density at radius 2 is 2.20 bits per heavy atom. The van der Waals surface area contributed by atoms with Gasteiger partial charge in [-0.2, -0.15) is 0 Å². The molecule has 0 aromatic carbocycles. The number of sulfonamides is 1. The van der Waals surface area contributed by atoms with Crippen LogP contribution in [0.1, 0.15) is 18.9 Å². The number of nitrogens with zero attached hydrogens (tertiary/aromatic N) is 2. The molecule has 0 spiro atoms. The molecule has 0 fully saturated rings. The standard InChI is InChI=1S/C7H14N4O2S2/c1-3-6-9-10-7(14-6)11-15(12,13)5(2)4-8/h5H,3-4,8H2,1-2H3,(H,10,11). The van der Waals surface area contributed by atoms with Crippen LogP contribution in [-0.4, -0.2) is 30.4 Å². The van der Waals surface area contributed by atoms with Crippen LogP contribution in [0.15, 0.2) is 0 Å². The predicted octanol–water partition coefficient (Wildman–Crippen LogP) is 0.189. The maximum Gasteiger partial charge on any atom is 0.238 e. The third kappa shape index (κ3) is 3.11. The zero-order valence-electron chi connectivity index (χ0n) is 8.60. The maximum absolute atomic E-state index is 11.6. The molecule has 6 nitrogen and oxygen atoms in total. The number of aromatic nitrogens is 2. The average molecular weight is 250 g/mol. The van der Waals surface area contributed by atoms with E-state index >= 15 is 0 Å². The lowest BCUT2D eigenvalue weighted by Crippen LogP contribution is -2.31. The second-order valence-corrected chi connectivity index (χ2v) is 6.21. The van der Waals surface area contributed by atoms with Crippen LogP contribution in [0, 0.1) is 0 Å². The monoisotopic (exact) mass is 250 g/mol. The second kappa shape index (κ2) is 4.86. The van der Waals surface area contributed by atoms with E-state index in [0.717, 1.165) is 11.4 Å². The van der Waals surface area contributed by atoms with E-state index < -0.39 is 15.3 Å². The number of anilines is 1. The first-order valence-corrected chi connectivity index (χ1v) is 6.90. The largest absolute Gasteiger partial charge is 0.329 e. The topological polar surface area (TPSA) is 98.0 Å². The van der Waals surface area contributed by atoms with Gasteiger partial charge in [-0.15, -0.1) is 10.2 Å². The molecular formula is C7H14N4O2S2. The van der Waals surface area contributed by atoms with Crippen LogP contribution in [0.4, 0.5) is 5.13 Å². The summed E-state index contributed by atoms with van der Waals surface area (Å²) >= 11 is 1.23. The van der Waals surface area contributed by atoms with Crippen LogP contribution < -0.4 is 10.5 Å². The molecule has 8 heteroatoms. The summed E-state index contributed by atoms with van der Waals surface area (Å²) in [6.07, 6.45) is 0.742. The van der Waals surface area contributed by atoms with Gasteiger partial charge in [0.1, 0.15) is 5.01 Å². The Hall–Kier alpha value is -0.730. The molecule has 1 rings (SSSR count). The normalized spacial score (nSPS) is 13.8. The SMILES string of the molecule is CCc1nnc(NS(=O)(=O)C(C)CN)s1. The number of aryl methyl sites for hydroxylation is 1. The van der Waals surface area contributed by atoms with Crippen molar-refractivity contribution < 1.29 is 8.42 Å². The minimum Gasteiger partial charge on any atom is -0.329 e. The van der Waals surface area contributed by atoms with E-state index in [1.165, 1.54) is 11.3 Å². The smallest absolute Gasteiger partial charge is 0.238 e. The molecule has 0 amide bonds. The summed E-state index contributed by atoms with van der Waals surface area (Å²) < 4.78 is 25.5. The van der Waals surface area contributed by atoms with Gasteiger partial charge < -0.3 is 5.73 Å². The molecule has 0 aliphatic rings. The molecule has 3 N–H and O–H groups in total. The van der Waals surface area contributed by atoms with Crippen molar-refractivity contribution in [2.24, 2.45) is 5.73 Å². The molecule has 1 unspecified atom stereocenters. The van der Waals surface area contributed by atoms with E-state index in [0.29, 0.717) is 5.13 Å². The maximum atomic E-state index is 11.6. The van der Waals surface area contributed by atoms with E-state index in [4.69, 9.17) is 5.73 Å². The Balaban J connectivity index is 2.77. The zero-order chi connectivity index (χ0) is 11.5. The second-order valence-electron chi connectivity index (χ2n) is 3.05. The zero-order valence-corrected chi connectivity index (χ0v) is 10.2. The van der Waals surface area contributed by atoms with Crippen molar-refractivity contribution in [3.05, 3.63) is 5.01 Å². The van der Waals surface area contributed by atoms with E-state index in [9.17, 15) is 8.42 Å². The van der Waals surface area contributed by atoms with Gasteiger partial charge >= 0.3 is 0 Å². The molecule has 15 heavy (non-hydrogen) atoms. The van der Waals surface area contributed by atoms with Gasteiger partial charge in [-0.25, -0.2) is 8.42 Å². The van der Waals surface area contributed by atoms with E-state index in [1.807, 2.05) is 6.92 Å². The Morgan fingerprint density at radius 1 is 1.53 bits per heavy atom. The summed E-state index contributed by atoms with van der Waals surface area (Å²) in [7, 11) is -3.43. The summed E-state index contributed by atoms with van der Waals surface area (Å²) in [5, 5.41) is 8.01. The van der Waals surface area contributed by atoms with Crippen LogP contribution in [-0.2, 0) is 16.4 Å². The first-order valence-electron chi connectivity index (χ1n) is 4.53. The number of nitrogens with one attached hydrogen (secondary N) is 1. The Morgan fingerprint density at radius 3 is 2.67 bits per heavy atom. The van der Waals surface area contributed by atoms with Gasteiger partial charge in [-0.1, -0.05) is 18.3 Å². The molecule has 0 saturated carbocycles. The third-order valence-corrected chi connectivity index (χ3v) is 4.70. The van der Waals surface area contributed by atoms with Crippen LogP contribution in [0.5, 0.6) is 0 Å². The van der Waals surface area contributed by atoms with E-state index in [-0.39, 0.29) is 6.54 Å². The van der Waals surface area contributed by atoms with Gasteiger partial charge in [0.15, 0.2) is 0 Å². The van der Waals surface area contributed by atoms with Crippen molar-refractivity contribution in [2.75, 3.05) is 11.3 Å². The minimum atomic E-state index is -3.43. The number of hydrogen-bond donors (Lipinski definition) is 2. The highest BCUT2D eigenvalue weighted by Gasteiger charge is 2.20. The molecule has 0 aliphatic heterocycles. The highest BCUT2D eigenvalue weighted by Crippen LogP contribution is 2.17. The van der Waals surface area contributed by atoms with Crippen molar-refractivity contribution >= 4 is 26.5 Å². The molecule has 1 aromatic rings. The Labute approximate surface area is 93.0 Å². The van der Waals surface area contributed by atoms with Gasteiger partial charge in [0.25, 0.3) is 0 Å². The highest BCUT2D eigenvalue weighted by molar-refractivity contribution is 7.93. The average Bonchev–Trinajstić information content (AvgIpc) is 2.63. The summed E-state index contributed by atoms with van der Waals surface area (Å²) in [5.41, 5.74) is 5.29. The van der Waals surface area contributed by atoms with Gasteiger partial charge in [-0.3, -0.25) is 4.72 Å². The fourth-order valence-corrected chi connectivity index (χ4v) is 2.57. The number of nitrogens with two attached hydrogens (primary N) is 1. The van der Waals surface area contributed by atoms with Gasteiger partial charge in [0.2, 0.25) is 15.2 Å². The van der Waals surface area contributed by atoms with Gasteiger partial charge in [0.05, 0.1) is 5.25 Å². The summed E-state index contributed by atoms with van der Waals surface area (Å²) in [6, 6.07) is 0. The molecule has 0 aliphatic carbocycles. The fourth-order valence-electron chi connectivity index (χ4n) is 0.787. The lowest BCUT2D eigenvalue weighted by molar-refractivity contribution is 0.589. The molecule has 0 radical (unpaired) electrons. The Kier molecular flexibility index (Phi) is 4.00. The quantitative estimate of drug-likeness (QED) is 0.777. The fraction of sp³-hybridized carbons (Fsp3) is 0.714. The van der Waals surface area contributed by atoms with Crippen LogP contribution in [0.3, 0.4) is 0 Å². The lowest BCUT2D eigenvalue weighted by atomic mass is 10.5. The van der Waals surface area contributed by atoms with Crippen molar-refractivity contribution in [3.63, 3.8) is 0 Å². The van der Waals surface area contributed by atoms with Crippen LogP contribution in [0.25, 0.3) is 0 Å². The molecule has 1 aromatic heterocycles. The van der Waals surface area contributed by atoms with Crippen molar-refractivity contribution in [3.8, 4) is 0 Å². The van der Waals surface area contributed by atoms with Crippen LogP contribution in [0.2, 0.25) is 0 Å². The summed E-state index contributed by atoms with van der Waals surface area (Å²) in [6.45, 7) is 3.56. The first-order chi connectivity index (χ1) is 6.99. The summed E-state index contributed by atoms with van der Waals surface area (Å²) in [5.74, 6) is 0. The first kappa shape index (κ1) is 12.3. The molecule has 0 saturated heterocycles. The minimum absolute atomic E-state index is 0.0781. The lowest BCUT2D eigenvalue weighted by Gasteiger charge is -2.09. The Bertz CT molecular complexity index is 414. The molecular weight excluding hydrogens is 236 g/mol. The van der Waals surface area contributed by atoms with Crippen molar-refractivity contribution in [1.29, 1.82) is 0 Å². The molecule has 1 atom stereocenters. The number of hydrogen-bond acceptors (Lipinski definition) is 6. The van der Waals surface area contributed by atoms with E-state index in [1.54, 1.807) is 6.92 Å². The van der Waals surface area contributed by atoms with Crippen LogP contribution >= 0.6 is 11.3 Å². The van der Waals surface area contributed by atoms with Gasteiger partial charge in [0, 0.05) is 6.54 Å². The predicted molar refractivity (Wildman–Crippen MR) is 60.3 cm³/mol. The molecule has 86 valence electrons. The van der Waals surface area contributed by atoms with Gasteiger partial charge in [-0.05, 0) is 13.3 Å².